The molecule has 0 aliphatic carbocycles. The van der Waals surface area contributed by atoms with E-state index >= 15 is 0 Å². The number of ether oxygens (including phenoxy) is 1. The zero-order chi connectivity index (χ0) is 12.1. The Balaban J connectivity index is 2.70. The molecular weight excluding hydrogens is 215 g/mol. The van der Waals surface area contributed by atoms with Gasteiger partial charge in [0.25, 0.3) is 0 Å². The van der Waals surface area contributed by atoms with Crippen molar-refractivity contribution < 1.29 is 24.1 Å². The largest absolute Gasteiger partial charge is 0.469 e. The van der Waals surface area contributed by atoms with Gasteiger partial charge in [-0.05, 0) is 17.7 Å². The molecule has 1 aromatic carbocycles. The first-order valence-electron chi connectivity index (χ1n) is 4.73. The van der Waals surface area contributed by atoms with Crippen molar-refractivity contribution in [3.8, 4) is 0 Å². The molecule has 2 atom stereocenters. The standard InChI is InChI=1S/C11H13FO4/c1-16-10(14)6-9(13)11(15)7-3-2-4-8(12)5-7/h2-5,9,11,13,15H,6H2,1H3. The molecule has 16 heavy (non-hydrogen) atoms. The first kappa shape index (κ1) is 12.6. The lowest BCUT2D eigenvalue weighted by Crippen LogP contribution is -2.22. The molecule has 2 unspecified atom stereocenters. The SMILES string of the molecule is COC(=O)CC(O)C(O)c1cccc(F)c1. The molecule has 0 saturated carbocycles. The highest BCUT2D eigenvalue weighted by Crippen LogP contribution is 2.19. The normalized spacial score (nSPS) is 14.2. The lowest BCUT2D eigenvalue weighted by molar-refractivity contribution is -0.144. The molecule has 0 saturated heterocycles. The summed E-state index contributed by atoms with van der Waals surface area (Å²) in [4.78, 5) is 10.9. The molecule has 0 heterocycles. The topological polar surface area (TPSA) is 66.8 Å². The number of methoxy groups -OCH3 is 1. The Bertz CT molecular complexity index is 367. The second-order valence-electron chi connectivity index (χ2n) is 3.35. The molecule has 0 fully saturated rings. The highest BCUT2D eigenvalue weighted by atomic mass is 19.1. The monoisotopic (exact) mass is 228 g/mol. The highest BCUT2D eigenvalue weighted by Gasteiger charge is 2.21. The van der Waals surface area contributed by atoms with E-state index < -0.39 is 24.0 Å². The molecular formula is C11H13FO4. The predicted molar refractivity (Wildman–Crippen MR) is 54.0 cm³/mol. The summed E-state index contributed by atoms with van der Waals surface area (Å²) < 4.78 is 17.2. The number of benzene rings is 1. The summed E-state index contributed by atoms with van der Waals surface area (Å²) in [6, 6.07) is 5.21. The third-order valence-electron chi connectivity index (χ3n) is 2.16. The number of carbonyl (C=O) groups is 1. The van der Waals surface area contributed by atoms with Crippen LogP contribution in [0.15, 0.2) is 24.3 Å². The summed E-state index contributed by atoms with van der Waals surface area (Å²) in [5.41, 5.74) is 0.219. The fraction of sp³-hybridized carbons (Fsp3) is 0.364. The predicted octanol–water partition coefficient (Wildman–Crippen LogP) is 0.783. The van der Waals surface area contributed by atoms with Crippen LogP contribution in [0.1, 0.15) is 18.1 Å². The molecule has 0 amide bonds. The number of aliphatic hydroxyl groups is 2. The Labute approximate surface area is 92.3 Å². The van der Waals surface area contributed by atoms with Crippen molar-refractivity contribution in [2.45, 2.75) is 18.6 Å². The van der Waals surface area contributed by atoms with Gasteiger partial charge in [-0.15, -0.1) is 0 Å². The van der Waals surface area contributed by atoms with Crippen molar-refractivity contribution in [2.24, 2.45) is 0 Å². The van der Waals surface area contributed by atoms with Gasteiger partial charge in [-0.2, -0.15) is 0 Å². The van der Waals surface area contributed by atoms with E-state index in [1.807, 2.05) is 0 Å². The molecule has 88 valence electrons. The van der Waals surface area contributed by atoms with Gasteiger partial charge in [0.1, 0.15) is 11.9 Å². The minimum Gasteiger partial charge on any atom is -0.469 e. The van der Waals surface area contributed by atoms with Crippen LogP contribution in [0, 0.1) is 5.82 Å². The fourth-order valence-electron chi connectivity index (χ4n) is 1.28. The van der Waals surface area contributed by atoms with Gasteiger partial charge in [0.05, 0.1) is 19.6 Å². The third-order valence-corrected chi connectivity index (χ3v) is 2.16. The number of esters is 1. The van der Waals surface area contributed by atoms with E-state index in [0.29, 0.717) is 0 Å². The van der Waals surface area contributed by atoms with Crippen LogP contribution >= 0.6 is 0 Å². The molecule has 1 aromatic rings. The maximum absolute atomic E-state index is 12.8. The molecule has 0 bridgehead atoms. The average molecular weight is 228 g/mol. The summed E-state index contributed by atoms with van der Waals surface area (Å²) in [6.45, 7) is 0. The van der Waals surface area contributed by atoms with E-state index in [0.717, 1.165) is 6.07 Å². The van der Waals surface area contributed by atoms with Gasteiger partial charge < -0.3 is 14.9 Å². The number of carbonyl (C=O) groups excluding carboxylic acids is 1. The van der Waals surface area contributed by atoms with Crippen LogP contribution in [-0.2, 0) is 9.53 Å². The highest BCUT2D eigenvalue weighted by molar-refractivity contribution is 5.69. The Morgan fingerprint density at radius 3 is 2.75 bits per heavy atom. The molecule has 0 aliphatic heterocycles. The van der Waals surface area contributed by atoms with Crippen molar-refractivity contribution in [1.82, 2.24) is 0 Å². The Kier molecular flexibility index (Phi) is 4.39. The van der Waals surface area contributed by atoms with Gasteiger partial charge in [-0.3, -0.25) is 4.79 Å². The molecule has 0 aliphatic rings. The van der Waals surface area contributed by atoms with Crippen molar-refractivity contribution in [2.75, 3.05) is 7.11 Å². The Morgan fingerprint density at radius 1 is 1.50 bits per heavy atom. The maximum atomic E-state index is 12.8. The van der Waals surface area contributed by atoms with Crippen LogP contribution in [0.4, 0.5) is 4.39 Å². The summed E-state index contributed by atoms with van der Waals surface area (Å²) in [5, 5.41) is 19.1. The Morgan fingerprint density at radius 2 is 2.19 bits per heavy atom. The molecule has 2 N–H and O–H groups in total. The lowest BCUT2D eigenvalue weighted by atomic mass is 10.0. The van der Waals surface area contributed by atoms with E-state index in [9.17, 15) is 19.4 Å². The van der Waals surface area contributed by atoms with Crippen molar-refractivity contribution in [3.05, 3.63) is 35.6 Å². The third kappa shape index (κ3) is 3.29. The van der Waals surface area contributed by atoms with E-state index in [1.165, 1.54) is 25.3 Å². The van der Waals surface area contributed by atoms with E-state index in [1.54, 1.807) is 0 Å². The second-order valence-corrected chi connectivity index (χ2v) is 3.35. The summed E-state index contributed by atoms with van der Waals surface area (Å²) in [7, 11) is 1.18. The van der Waals surface area contributed by atoms with Crippen LogP contribution in [0.3, 0.4) is 0 Å². The van der Waals surface area contributed by atoms with Crippen LogP contribution in [0.2, 0.25) is 0 Å². The molecule has 4 nitrogen and oxygen atoms in total. The fourth-order valence-corrected chi connectivity index (χ4v) is 1.28. The first-order chi connectivity index (χ1) is 7.54. The number of halogens is 1. The van der Waals surface area contributed by atoms with E-state index in [2.05, 4.69) is 4.74 Å². The van der Waals surface area contributed by atoms with E-state index in [-0.39, 0.29) is 12.0 Å². The number of hydrogen-bond donors (Lipinski definition) is 2. The van der Waals surface area contributed by atoms with Gasteiger partial charge in [0.15, 0.2) is 0 Å². The lowest BCUT2D eigenvalue weighted by Gasteiger charge is -2.16. The Hall–Kier alpha value is -1.46. The van der Waals surface area contributed by atoms with Gasteiger partial charge in [0.2, 0.25) is 0 Å². The summed E-state index contributed by atoms with van der Waals surface area (Å²) in [5.74, 6) is -1.15. The van der Waals surface area contributed by atoms with Crippen LogP contribution in [-0.4, -0.2) is 29.4 Å². The van der Waals surface area contributed by atoms with E-state index in [4.69, 9.17) is 0 Å². The second kappa shape index (κ2) is 5.58. The molecule has 5 heteroatoms. The van der Waals surface area contributed by atoms with Gasteiger partial charge in [0, 0.05) is 0 Å². The number of hydrogen-bond acceptors (Lipinski definition) is 4. The molecule has 1 rings (SSSR count). The maximum Gasteiger partial charge on any atom is 0.308 e. The molecule has 0 aromatic heterocycles. The summed E-state index contributed by atoms with van der Waals surface area (Å²) in [6.07, 6.45) is -2.96. The zero-order valence-electron chi connectivity index (χ0n) is 8.76. The minimum absolute atomic E-state index is 0.219. The quantitative estimate of drug-likeness (QED) is 0.747. The van der Waals surface area contributed by atoms with Gasteiger partial charge >= 0.3 is 5.97 Å². The smallest absolute Gasteiger partial charge is 0.308 e. The zero-order valence-corrected chi connectivity index (χ0v) is 8.76. The number of aliphatic hydroxyl groups excluding tert-OH is 2. The van der Waals surface area contributed by atoms with Crippen molar-refractivity contribution >= 4 is 5.97 Å². The van der Waals surface area contributed by atoms with Crippen LogP contribution in [0.5, 0.6) is 0 Å². The summed E-state index contributed by atoms with van der Waals surface area (Å²) >= 11 is 0. The van der Waals surface area contributed by atoms with Gasteiger partial charge in [-0.25, -0.2) is 4.39 Å². The van der Waals surface area contributed by atoms with Crippen molar-refractivity contribution in [3.63, 3.8) is 0 Å². The molecule has 0 spiro atoms. The van der Waals surface area contributed by atoms with Crippen LogP contribution in [0.25, 0.3) is 0 Å². The van der Waals surface area contributed by atoms with Crippen LogP contribution < -0.4 is 0 Å². The minimum atomic E-state index is -1.31. The number of rotatable bonds is 4. The van der Waals surface area contributed by atoms with Gasteiger partial charge in [-0.1, -0.05) is 12.1 Å². The first-order valence-corrected chi connectivity index (χ1v) is 4.73. The van der Waals surface area contributed by atoms with Crippen molar-refractivity contribution in [1.29, 1.82) is 0 Å². The molecule has 0 radical (unpaired) electrons. The average Bonchev–Trinajstić information content (AvgIpc) is 2.27.